The number of likely N-dealkylation sites (tertiary alicyclic amines) is 1. The fourth-order valence-corrected chi connectivity index (χ4v) is 13.1. The first kappa shape index (κ1) is 86.9. The number of carbonyl (C=O) groups is 12. The van der Waals surface area contributed by atoms with Gasteiger partial charge >= 0.3 is 12.1 Å². The van der Waals surface area contributed by atoms with Gasteiger partial charge in [-0.25, -0.2) is 9.59 Å². The summed E-state index contributed by atoms with van der Waals surface area (Å²) in [5.41, 5.74) is 12.5. The smallest absolute Gasteiger partial charge is 0.410 e. The lowest BCUT2D eigenvalue weighted by molar-refractivity contribution is -0.148. The molecule has 0 aromatic heterocycles. The summed E-state index contributed by atoms with van der Waals surface area (Å²) in [6, 6.07) is 7.33. The number of primary amides is 1. The number of hydrogen-bond donors (Lipinski definition) is 10. The minimum Gasteiger partial charge on any atom is -0.445 e. The van der Waals surface area contributed by atoms with E-state index in [4.69, 9.17) is 25.7 Å². The van der Waals surface area contributed by atoms with Gasteiger partial charge in [0.25, 0.3) is 11.8 Å². The second-order valence-corrected chi connectivity index (χ2v) is 28.1. The molecule has 0 aliphatic carbocycles. The third-order valence-corrected chi connectivity index (χ3v) is 19.3. The van der Waals surface area contributed by atoms with Crippen molar-refractivity contribution in [2.24, 2.45) is 41.1 Å². The number of aliphatic hydroxyl groups excluding tert-OH is 1. The molecular weight excluding hydrogens is 1330 g/mol. The van der Waals surface area contributed by atoms with Crippen molar-refractivity contribution < 1.29 is 76.9 Å². The molecule has 0 radical (unpaired) electrons. The molecule has 13 atom stereocenters. The number of imide groups is 1. The van der Waals surface area contributed by atoms with E-state index < -0.39 is 138 Å². The molecule has 2 aromatic carbocycles. The van der Waals surface area contributed by atoms with Gasteiger partial charge in [-0.15, -0.1) is 0 Å². The van der Waals surface area contributed by atoms with Gasteiger partial charge in [0.05, 0.1) is 48.8 Å². The van der Waals surface area contributed by atoms with Crippen LogP contribution < -0.4 is 48.7 Å². The van der Waals surface area contributed by atoms with Crippen molar-refractivity contribution in [2.45, 2.75) is 226 Å². The van der Waals surface area contributed by atoms with E-state index in [1.165, 1.54) is 38.3 Å². The van der Waals surface area contributed by atoms with E-state index in [1.54, 1.807) is 109 Å². The van der Waals surface area contributed by atoms with Gasteiger partial charge in [0.15, 0.2) is 0 Å². The molecule has 103 heavy (non-hydrogen) atoms. The van der Waals surface area contributed by atoms with E-state index in [1.807, 2.05) is 32.0 Å². The maximum Gasteiger partial charge on any atom is 0.410 e. The highest BCUT2D eigenvalue weighted by Crippen LogP contribution is 2.31. The van der Waals surface area contributed by atoms with Gasteiger partial charge in [0.2, 0.25) is 47.3 Å². The number of amides is 13. The van der Waals surface area contributed by atoms with Crippen molar-refractivity contribution in [3.63, 3.8) is 0 Å². The minimum atomic E-state index is -1.19. The summed E-state index contributed by atoms with van der Waals surface area (Å²) in [6.45, 7) is 18.7. The summed E-state index contributed by atoms with van der Waals surface area (Å²) < 4.78 is 17.8. The highest BCUT2D eigenvalue weighted by atomic mass is 16.6. The maximum absolute atomic E-state index is 14.9. The number of aliphatic hydroxyl groups is 1. The number of benzene rings is 2. The molecule has 2 aromatic rings. The summed E-state index contributed by atoms with van der Waals surface area (Å²) in [7, 11) is 6.06. The van der Waals surface area contributed by atoms with Gasteiger partial charge < -0.3 is 77.8 Å². The van der Waals surface area contributed by atoms with Crippen LogP contribution in [0.3, 0.4) is 0 Å². The Morgan fingerprint density at radius 2 is 1.29 bits per heavy atom. The third kappa shape index (κ3) is 26.6. The van der Waals surface area contributed by atoms with E-state index in [0.717, 1.165) is 4.90 Å². The molecule has 12 N–H and O–H groups in total. The quantitative estimate of drug-likeness (QED) is 0.0318. The van der Waals surface area contributed by atoms with Crippen LogP contribution in [0.1, 0.15) is 170 Å². The summed E-state index contributed by atoms with van der Waals surface area (Å²) in [5, 5.41) is 30.4. The van der Waals surface area contributed by atoms with Crippen molar-refractivity contribution >= 4 is 76.9 Å². The Balaban J connectivity index is 1.39. The lowest BCUT2D eigenvalue weighted by atomic mass is 9.89. The molecule has 29 nitrogen and oxygen atoms in total. The number of unbranched alkanes of at least 4 members (excludes halogenated alkanes) is 3. The zero-order valence-corrected chi connectivity index (χ0v) is 62.8. The Hall–Kier alpha value is -8.54. The molecular formula is C74H117N13O16. The Bertz CT molecular complexity index is 3140. The monoisotopic (exact) mass is 1440 g/mol. The molecule has 0 spiro atoms. The molecule has 574 valence electrons. The van der Waals surface area contributed by atoms with Crippen molar-refractivity contribution in [1.82, 2.24) is 51.5 Å². The summed E-state index contributed by atoms with van der Waals surface area (Å²) >= 11 is 0. The predicted molar refractivity (Wildman–Crippen MR) is 388 cm³/mol. The Kier molecular flexibility index (Phi) is 36.7. The fourth-order valence-electron chi connectivity index (χ4n) is 13.1. The van der Waals surface area contributed by atoms with Gasteiger partial charge in [-0.3, -0.25) is 57.7 Å². The largest absolute Gasteiger partial charge is 0.445 e. The van der Waals surface area contributed by atoms with Gasteiger partial charge in [-0.1, -0.05) is 118 Å². The number of rotatable bonds is 44. The fraction of sp³-hybridized carbons (Fsp3) is 0.649. The molecule has 13 amide bonds. The molecule has 0 bridgehead atoms. The summed E-state index contributed by atoms with van der Waals surface area (Å²) in [6.07, 6.45) is 4.00. The van der Waals surface area contributed by atoms with Crippen molar-refractivity contribution in [2.75, 3.05) is 59.8 Å². The van der Waals surface area contributed by atoms with Crippen molar-refractivity contribution in [1.29, 1.82) is 0 Å². The lowest BCUT2D eigenvalue weighted by Crippen LogP contribution is -2.60. The van der Waals surface area contributed by atoms with Crippen LogP contribution in [0.15, 0.2) is 66.7 Å². The average Bonchev–Trinajstić information content (AvgIpc) is 1.80. The van der Waals surface area contributed by atoms with Crippen LogP contribution in [0.2, 0.25) is 0 Å². The predicted octanol–water partition coefficient (Wildman–Crippen LogP) is 4.69. The molecule has 4 rings (SSSR count). The Morgan fingerprint density at radius 3 is 1.87 bits per heavy atom. The number of nitrogens with zero attached hydrogens (tertiary/aromatic N) is 4. The molecule has 1 saturated heterocycles. The molecule has 1 fully saturated rings. The van der Waals surface area contributed by atoms with E-state index in [0.29, 0.717) is 81.3 Å². The number of carbonyl (C=O) groups excluding carboxylic acids is 12. The minimum absolute atomic E-state index is 0.0303. The van der Waals surface area contributed by atoms with Gasteiger partial charge in [-0.05, 0) is 118 Å². The second kappa shape index (κ2) is 43.5. The van der Waals surface area contributed by atoms with Crippen molar-refractivity contribution in [3.8, 4) is 0 Å². The van der Waals surface area contributed by atoms with Gasteiger partial charge in [0.1, 0.15) is 36.8 Å². The van der Waals surface area contributed by atoms with Gasteiger partial charge in [-0.2, -0.15) is 0 Å². The van der Waals surface area contributed by atoms with E-state index in [9.17, 15) is 62.6 Å². The zero-order valence-electron chi connectivity index (χ0n) is 62.8. The topological polar surface area (TPSA) is 402 Å². The second-order valence-electron chi connectivity index (χ2n) is 28.1. The van der Waals surface area contributed by atoms with E-state index >= 15 is 0 Å². The molecule has 2 aliphatic heterocycles. The summed E-state index contributed by atoms with van der Waals surface area (Å²) in [4.78, 5) is 167. The highest BCUT2D eigenvalue weighted by molar-refractivity contribution is 6.12. The number of nitrogens with one attached hydrogen (secondary N) is 7. The first-order valence-electron chi connectivity index (χ1n) is 36.2. The Morgan fingerprint density at radius 1 is 0.670 bits per heavy atom. The Labute approximate surface area is 607 Å². The summed E-state index contributed by atoms with van der Waals surface area (Å²) in [5.74, 6) is -7.00. The number of anilines is 1. The van der Waals surface area contributed by atoms with Crippen LogP contribution in [0.5, 0.6) is 0 Å². The van der Waals surface area contributed by atoms with E-state index in [2.05, 4.69) is 37.2 Å². The van der Waals surface area contributed by atoms with Crippen LogP contribution in [0.25, 0.3) is 0 Å². The standard InChI is InChI=1S/C74H117N13O16/c1-15-47(8)64(56(101-13)42-60(91)86-41-25-30-55(86)66(102-14)48(9)67(93)78-49(10)65(92)51-26-18-16-19-27-51)84(11)72(98)62(45(4)5)83-71(97)63(46(6)7)85(12)74(100)103-43-50-32-34-52(35-33-50)79-68(94)54(29-24-39-77-73(76)99)81-70(96)61(44(2)3)82-69(95)53(28-21-22-38-75)80-57(88)31-20-17-23-40-87-58(89)36-37-59(87)90/h16,18-19,26-27,32-37,44-49,53-56,61-66,92H,15,17,20-25,28-31,38-43,75H2,1-14H3,(H,78,93)(H,79,94)(H,80,88)(H,81,96)(H,82,95)(H,83,97)(H3,76,77,99)/t47-,48+,49-,53-,54-,55-,56-,61-,62-,63-,64-,65-,66+/m0/s1. The molecule has 29 heteroatoms. The van der Waals surface area contributed by atoms with Crippen molar-refractivity contribution in [3.05, 3.63) is 77.9 Å². The first-order chi connectivity index (χ1) is 48.8. The maximum atomic E-state index is 14.9. The number of hydrogen-bond acceptors (Lipinski definition) is 17. The van der Waals surface area contributed by atoms with Gasteiger partial charge in [0, 0.05) is 72.2 Å². The van der Waals surface area contributed by atoms with Crippen LogP contribution in [-0.2, 0) is 68.8 Å². The normalized spacial score (nSPS) is 17.2. The van der Waals surface area contributed by atoms with Crippen LogP contribution in [0.4, 0.5) is 15.3 Å². The molecule has 0 saturated carbocycles. The molecule has 0 unspecified atom stereocenters. The number of urea groups is 1. The average molecular weight is 1440 g/mol. The number of methoxy groups -OCH3 is 2. The van der Waals surface area contributed by atoms with Crippen LogP contribution in [-0.4, -0.2) is 211 Å². The molecule has 2 heterocycles. The van der Waals surface area contributed by atoms with E-state index in [-0.39, 0.29) is 81.3 Å². The lowest BCUT2D eigenvalue weighted by Gasteiger charge is -2.41. The van der Waals surface area contributed by atoms with Crippen LogP contribution >= 0.6 is 0 Å². The highest BCUT2D eigenvalue weighted by Gasteiger charge is 2.44. The first-order valence-corrected chi connectivity index (χ1v) is 36.2. The number of nitrogens with two attached hydrogens (primary N) is 2. The zero-order chi connectivity index (χ0) is 76.8. The molecule has 2 aliphatic rings. The SMILES string of the molecule is CC[C@H](C)[C@@H]([C@H](CC(=O)N1CCC[C@H]1[C@H](OC)[C@@H](C)C(=O)N[C@@H](C)[C@H](O)c1ccccc1)OC)N(C)C(=O)[C@@H](NC(=O)[C@H](C(C)C)N(C)C(=O)OCc1ccc(NC(=O)[C@H](CCCNC(N)=O)NC(=O)[C@@H](NC(=O)[C@H](CCCCN)NC(=O)CCCCCN2C(=O)C=CC2=O)C(C)C)cc1)C(C)C. The van der Waals surface area contributed by atoms with Crippen LogP contribution in [0, 0.1) is 29.6 Å². The third-order valence-electron chi connectivity index (χ3n) is 19.3. The number of ether oxygens (including phenoxy) is 3. The number of likely N-dealkylation sites (N-methyl/N-ethyl adjacent to an activating group) is 2.